The minimum atomic E-state index is 0.359. The number of pyridine rings is 1. The van der Waals surface area contributed by atoms with Gasteiger partial charge in [-0.05, 0) is 66.9 Å². The monoisotopic (exact) mass is 532 g/mol. The summed E-state index contributed by atoms with van der Waals surface area (Å²) in [6.45, 7) is 4.71. The summed E-state index contributed by atoms with van der Waals surface area (Å²) in [6, 6.07) is 26.0. The zero-order valence-electron chi connectivity index (χ0n) is 21.5. The van der Waals surface area contributed by atoms with E-state index in [0.29, 0.717) is 40.3 Å². The van der Waals surface area contributed by atoms with Crippen LogP contribution in [-0.2, 0) is 6.54 Å². The molecule has 3 heterocycles. The highest BCUT2D eigenvalue weighted by Gasteiger charge is 2.18. The average molecular weight is 533 g/mol. The molecule has 3 aromatic carbocycles. The number of benzene rings is 3. The summed E-state index contributed by atoms with van der Waals surface area (Å²) in [5, 5.41) is 3.74. The van der Waals surface area contributed by atoms with E-state index in [4.69, 9.17) is 21.3 Å². The van der Waals surface area contributed by atoms with Crippen LogP contribution in [0.15, 0.2) is 97.6 Å². The van der Waals surface area contributed by atoms with E-state index >= 15 is 0 Å². The van der Waals surface area contributed by atoms with Crippen LogP contribution in [0.4, 0.5) is 11.6 Å². The van der Waals surface area contributed by atoms with Gasteiger partial charge in [0.1, 0.15) is 5.75 Å². The predicted octanol–water partition coefficient (Wildman–Crippen LogP) is 7.74. The van der Waals surface area contributed by atoms with Gasteiger partial charge in [0, 0.05) is 24.6 Å². The third-order valence-corrected chi connectivity index (χ3v) is 6.67. The minimum absolute atomic E-state index is 0.359. The van der Waals surface area contributed by atoms with Crippen molar-refractivity contribution in [1.29, 1.82) is 0 Å². The lowest BCUT2D eigenvalue weighted by Gasteiger charge is -2.13. The molecule has 3 aromatic heterocycles. The van der Waals surface area contributed by atoms with Gasteiger partial charge in [0.05, 0.1) is 11.3 Å². The lowest BCUT2D eigenvalue weighted by molar-refractivity contribution is 0.466. The molecule has 0 saturated carbocycles. The number of imidazole rings is 1. The number of anilines is 2. The third kappa shape index (κ3) is 5.44. The van der Waals surface area contributed by atoms with Gasteiger partial charge in [-0.1, -0.05) is 65.2 Å². The number of aromatic nitrogens is 5. The van der Waals surface area contributed by atoms with Crippen LogP contribution in [-0.4, -0.2) is 24.5 Å². The van der Waals surface area contributed by atoms with Gasteiger partial charge in [-0.2, -0.15) is 9.97 Å². The van der Waals surface area contributed by atoms with Gasteiger partial charge >= 0.3 is 0 Å². The van der Waals surface area contributed by atoms with Crippen molar-refractivity contribution < 1.29 is 4.74 Å². The number of ether oxygens (including phenoxy) is 1. The number of nitrogens with one attached hydrogen (secondary N) is 1. The fourth-order valence-electron chi connectivity index (χ4n) is 4.26. The number of rotatable bonds is 7. The molecule has 0 amide bonds. The van der Waals surface area contributed by atoms with Crippen LogP contribution < -0.4 is 10.1 Å². The van der Waals surface area contributed by atoms with E-state index < -0.39 is 0 Å². The molecule has 8 heteroatoms. The van der Waals surface area contributed by atoms with Crippen molar-refractivity contribution in [1.82, 2.24) is 24.5 Å². The first-order valence-electron chi connectivity index (χ1n) is 12.5. The molecule has 0 radical (unpaired) electrons. The zero-order chi connectivity index (χ0) is 26.8. The normalized spacial score (nSPS) is 11.1. The first-order chi connectivity index (χ1) is 19.0. The highest BCUT2D eigenvalue weighted by molar-refractivity contribution is 6.32. The number of aryl methyl sites for hydroxylation is 2. The Bertz CT molecular complexity index is 1750. The molecule has 7 nitrogen and oxygen atoms in total. The van der Waals surface area contributed by atoms with Crippen molar-refractivity contribution in [3.63, 3.8) is 0 Å². The van der Waals surface area contributed by atoms with E-state index in [-0.39, 0.29) is 0 Å². The number of hydrogen-bond acceptors (Lipinski definition) is 6. The molecule has 6 aromatic rings. The van der Waals surface area contributed by atoms with Crippen molar-refractivity contribution in [2.75, 3.05) is 5.32 Å². The van der Waals surface area contributed by atoms with Crippen LogP contribution >= 0.6 is 11.6 Å². The second-order valence-corrected chi connectivity index (χ2v) is 9.76. The molecule has 0 fully saturated rings. The van der Waals surface area contributed by atoms with Crippen LogP contribution in [0.25, 0.3) is 22.3 Å². The molecule has 0 atom stereocenters. The van der Waals surface area contributed by atoms with Crippen LogP contribution in [0.1, 0.15) is 16.7 Å². The van der Waals surface area contributed by atoms with Gasteiger partial charge in [-0.3, -0.25) is 4.98 Å². The molecule has 0 unspecified atom stereocenters. The van der Waals surface area contributed by atoms with Gasteiger partial charge in [-0.15, -0.1) is 0 Å². The Balaban J connectivity index is 1.40. The largest absolute Gasteiger partial charge is 0.435 e. The lowest BCUT2D eigenvalue weighted by atomic mass is 10.1. The fourth-order valence-corrected chi connectivity index (χ4v) is 4.48. The number of hydrogen-bond donors (Lipinski definition) is 1. The number of halogens is 1. The highest BCUT2D eigenvalue weighted by atomic mass is 35.5. The van der Waals surface area contributed by atoms with Crippen LogP contribution in [0.3, 0.4) is 0 Å². The Morgan fingerprint density at radius 2 is 1.54 bits per heavy atom. The van der Waals surface area contributed by atoms with E-state index in [0.717, 1.165) is 22.4 Å². The Morgan fingerprint density at radius 1 is 0.821 bits per heavy atom. The molecule has 1 N–H and O–H groups in total. The number of nitrogens with zero attached hydrogens (tertiary/aromatic N) is 5. The summed E-state index contributed by atoms with van der Waals surface area (Å²) in [4.78, 5) is 18.1. The van der Waals surface area contributed by atoms with Crippen molar-refractivity contribution >= 4 is 34.4 Å². The third-order valence-electron chi connectivity index (χ3n) is 6.37. The number of fused-ring (bicyclic) bond motifs is 1. The molecule has 39 heavy (non-hydrogen) atoms. The first kappa shape index (κ1) is 24.6. The molecule has 0 spiro atoms. The molecular weight excluding hydrogens is 508 g/mol. The molecule has 6 rings (SSSR count). The van der Waals surface area contributed by atoms with E-state index in [1.165, 1.54) is 11.1 Å². The van der Waals surface area contributed by atoms with Gasteiger partial charge in [0.25, 0.3) is 5.88 Å². The Morgan fingerprint density at radius 3 is 2.26 bits per heavy atom. The standard InChI is InChI=1S/C31H25ClN6O/c1-20-3-7-22(8-4-20)18-38-19-34-29-28(38)30(37-31(36-29)35-25-10-5-21(2)6-11-25)39-27-12-9-24(17-26(27)32)23-13-15-33-16-14-23/h3-17,19H,18H2,1-2H3,(H,35,36,37). The Kier molecular flexibility index (Phi) is 6.65. The summed E-state index contributed by atoms with van der Waals surface area (Å²) in [7, 11) is 0. The Labute approximate surface area is 231 Å². The van der Waals surface area contributed by atoms with Crippen LogP contribution in [0.5, 0.6) is 11.6 Å². The second kappa shape index (κ2) is 10.6. The van der Waals surface area contributed by atoms with Crippen molar-refractivity contribution in [2.24, 2.45) is 0 Å². The lowest BCUT2D eigenvalue weighted by Crippen LogP contribution is -2.04. The smallest absolute Gasteiger partial charge is 0.250 e. The minimum Gasteiger partial charge on any atom is -0.435 e. The van der Waals surface area contributed by atoms with Crippen molar-refractivity contribution in [2.45, 2.75) is 20.4 Å². The molecule has 192 valence electrons. The Hall–Kier alpha value is -4.75. The predicted molar refractivity (Wildman–Crippen MR) is 155 cm³/mol. The maximum Gasteiger partial charge on any atom is 0.250 e. The SMILES string of the molecule is Cc1ccc(Cn2cnc3nc(Nc4ccc(C)cc4)nc(Oc4ccc(-c5ccncc5)cc4Cl)c32)cc1. The quantitative estimate of drug-likeness (QED) is 0.226. The molecule has 0 bridgehead atoms. The topological polar surface area (TPSA) is 77.8 Å². The summed E-state index contributed by atoms with van der Waals surface area (Å²) in [6.07, 6.45) is 5.27. The van der Waals surface area contributed by atoms with Gasteiger partial charge in [0.2, 0.25) is 5.95 Å². The summed E-state index contributed by atoms with van der Waals surface area (Å²) >= 11 is 6.70. The summed E-state index contributed by atoms with van der Waals surface area (Å²) < 4.78 is 8.36. The zero-order valence-corrected chi connectivity index (χ0v) is 22.2. The molecule has 0 aliphatic rings. The second-order valence-electron chi connectivity index (χ2n) is 9.36. The van der Waals surface area contributed by atoms with Gasteiger partial charge < -0.3 is 14.6 Å². The van der Waals surface area contributed by atoms with E-state index in [1.807, 2.05) is 66.1 Å². The van der Waals surface area contributed by atoms with Crippen LogP contribution in [0.2, 0.25) is 5.02 Å². The van der Waals surface area contributed by atoms with E-state index in [9.17, 15) is 0 Å². The van der Waals surface area contributed by atoms with Gasteiger partial charge in [-0.25, -0.2) is 4.98 Å². The van der Waals surface area contributed by atoms with Gasteiger partial charge in [0.15, 0.2) is 11.2 Å². The molecule has 0 aliphatic heterocycles. The highest BCUT2D eigenvalue weighted by Crippen LogP contribution is 2.36. The van der Waals surface area contributed by atoms with E-state index in [1.54, 1.807) is 18.7 Å². The average Bonchev–Trinajstić information content (AvgIpc) is 3.35. The fraction of sp³-hybridized carbons (Fsp3) is 0.0968. The van der Waals surface area contributed by atoms with Crippen molar-refractivity contribution in [3.8, 4) is 22.8 Å². The van der Waals surface area contributed by atoms with Crippen molar-refractivity contribution in [3.05, 3.63) is 119 Å². The molecule has 0 aliphatic carbocycles. The van der Waals surface area contributed by atoms with E-state index in [2.05, 4.69) is 51.5 Å². The summed E-state index contributed by atoms with van der Waals surface area (Å²) in [5.74, 6) is 1.23. The molecule has 0 saturated heterocycles. The van der Waals surface area contributed by atoms with Crippen LogP contribution in [0, 0.1) is 13.8 Å². The maximum atomic E-state index is 6.70. The summed E-state index contributed by atoms with van der Waals surface area (Å²) in [5.41, 5.74) is 7.55. The first-order valence-corrected chi connectivity index (χ1v) is 12.9. The molecular formula is C31H25ClN6O. The maximum absolute atomic E-state index is 6.70.